The average molecular weight is 405 g/mol. The molecule has 150 valence electrons. The summed E-state index contributed by atoms with van der Waals surface area (Å²) in [5.41, 5.74) is 0.752. The van der Waals surface area contributed by atoms with Gasteiger partial charge in [-0.15, -0.1) is 0 Å². The Hall–Kier alpha value is -2.58. The van der Waals surface area contributed by atoms with Gasteiger partial charge in [-0.25, -0.2) is 8.42 Å². The lowest BCUT2D eigenvalue weighted by atomic mass is 10.2. The van der Waals surface area contributed by atoms with Crippen molar-refractivity contribution in [3.8, 4) is 11.5 Å². The van der Waals surface area contributed by atoms with Crippen LogP contribution in [0, 0.1) is 0 Å². The summed E-state index contributed by atoms with van der Waals surface area (Å²) < 4.78 is 36.6. The van der Waals surface area contributed by atoms with Crippen LogP contribution < -0.4 is 9.47 Å². The number of aliphatic hydroxyl groups is 1. The van der Waals surface area contributed by atoms with E-state index in [9.17, 15) is 13.2 Å². The van der Waals surface area contributed by atoms with Crippen LogP contribution in [0.2, 0.25) is 0 Å². The highest BCUT2D eigenvalue weighted by molar-refractivity contribution is 7.92. The fourth-order valence-corrected chi connectivity index (χ4v) is 5.02. The van der Waals surface area contributed by atoms with Gasteiger partial charge < -0.3 is 19.5 Å². The fraction of sp³-hybridized carbons (Fsp3) is 0.350. The Balaban J connectivity index is 1.61. The van der Waals surface area contributed by atoms with E-state index < -0.39 is 15.1 Å². The Morgan fingerprint density at radius 2 is 1.89 bits per heavy atom. The van der Waals surface area contributed by atoms with E-state index in [2.05, 4.69) is 0 Å². The van der Waals surface area contributed by atoms with Gasteiger partial charge in [0, 0.05) is 13.1 Å². The van der Waals surface area contributed by atoms with E-state index in [4.69, 9.17) is 14.6 Å². The summed E-state index contributed by atoms with van der Waals surface area (Å²) in [6.07, 6.45) is 0.372. The number of carbonyl (C=O) groups is 1. The second-order valence-corrected chi connectivity index (χ2v) is 8.73. The van der Waals surface area contributed by atoms with E-state index in [0.717, 1.165) is 5.56 Å². The van der Waals surface area contributed by atoms with Crippen LogP contribution in [0.1, 0.15) is 12.0 Å². The first-order valence-electron chi connectivity index (χ1n) is 8.93. The molecule has 1 amide bonds. The minimum Gasteiger partial charge on any atom is -0.495 e. The van der Waals surface area contributed by atoms with Crippen LogP contribution in [0.25, 0.3) is 0 Å². The van der Waals surface area contributed by atoms with Crippen molar-refractivity contribution in [3.05, 3.63) is 54.1 Å². The van der Waals surface area contributed by atoms with Crippen molar-refractivity contribution < 1.29 is 27.8 Å². The van der Waals surface area contributed by atoms with Crippen molar-refractivity contribution in [1.82, 2.24) is 4.90 Å². The zero-order valence-electron chi connectivity index (χ0n) is 15.6. The van der Waals surface area contributed by atoms with Gasteiger partial charge in [-0.2, -0.15) is 0 Å². The lowest BCUT2D eigenvalue weighted by Crippen LogP contribution is -2.35. The Bertz CT molecular complexity index is 926. The molecule has 0 spiro atoms. The number of benzene rings is 2. The van der Waals surface area contributed by atoms with Gasteiger partial charge in [-0.05, 0) is 36.2 Å². The Morgan fingerprint density at radius 1 is 1.18 bits per heavy atom. The molecule has 1 atom stereocenters. The largest absolute Gasteiger partial charge is 0.495 e. The molecule has 2 aromatic rings. The molecule has 2 aromatic carbocycles. The van der Waals surface area contributed by atoms with Crippen molar-refractivity contribution in [2.45, 2.75) is 23.2 Å². The van der Waals surface area contributed by atoms with Crippen molar-refractivity contribution in [3.63, 3.8) is 0 Å². The van der Waals surface area contributed by atoms with Crippen molar-refractivity contribution in [2.24, 2.45) is 0 Å². The normalized spacial score (nSPS) is 16.8. The first-order valence-corrected chi connectivity index (χ1v) is 10.5. The molecule has 1 unspecified atom stereocenters. The van der Waals surface area contributed by atoms with Crippen molar-refractivity contribution in [1.29, 1.82) is 0 Å². The van der Waals surface area contributed by atoms with Crippen LogP contribution >= 0.6 is 0 Å². The summed E-state index contributed by atoms with van der Waals surface area (Å²) in [7, 11) is -2.17. The van der Waals surface area contributed by atoms with Gasteiger partial charge in [0.25, 0.3) is 5.91 Å². The molecule has 0 bridgehead atoms. The summed E-state index contributed by atoms with van der Waals surface area (Å²) in [4.78, 5) is 14.1. The van der Waals surface area contributed by atoms with E-state index in [0.29, 0.717) is 24.5 Å². The third-order valence-electron chi connectivity index (χ3n) is 4.78. The van der Waals surface area contributed by atoms with Crippen LogP contribution in [0.15, 0.2) is 53.4 Å². The summed E-state index contributed by atoms with van der Waals surface area (Å²) in [5, 5.41) is 8.37. The monoisotopic (exact) mass is 405 g/mol. The molecule has 0 aliphatic carbocycles. The van der Waals surface area contributed by atoms with Gasteiger partial charge in [-0.1, -0.05) is 24.3 Å². The smallest absolute Gasteiger partial charge is 0.260 e. The number of para-hydroxylation sites is 1. The molecule has 1 fully saturated rings. The molecule has 1 heterocycles. The molecule has 28 heavy (non-hydrogen) atoms. The van der Waals surface area contributed by atoms with Gasteiger partial charge >= 0.3 is 0 Å². The van der Waals surface area contributed by atoms with Crippen LogP contribution in [0.3, 0.4) is 0 Å². The van der Waals surface area contributed by atoms with Crippen LogP contribution in [-0.2, 0) is 21.2 Å². The predicted octanol–water partition coefficient (Wildman–Crippen LogP) is 1.64. The average Bonchev–Trinajstić information content (AvgIpc) is 3.23. The second kappa shape index (κ2) is 8.62. The predicted molar refractivity (Wildman–Crippen MR) is 103 cm³/mol. The molecular weight excluding hydrogens is 382 g/mol. The van der Waals surface area contributed by atoms with Gasteiger partial charge in [0.05, 0.1) is 19.0 Å². The number of nitrogens with zero attached hydrogens (tertiary/aromatic N) is 1. The number of sulfone groups is 1. The molecule has 1 N–H and O–H groups in total. The zero-order chi connectivity index (χ0) is 20.1. The van der Waals surface area contributed by atoms with Crippen molar-refractivity contribution in [2.75, 3.05) is 26.8 Å². The van der Waals surface area contributed by atoms with E-state index in [1.165, 1.54) is 18.1 Å². The molecule has 0 radical (unpaired) electrons. The third-order valence-corrected chi connectivity index (χ3v) is 6.99. The number of carbonyl (C=O) groups excluding carboxylic acids is 1. The minimum atomic E-state index is -3.61. The molecule has 7 nitrogen and oxygen atoms in total. The Morgan fingerprint density at radius 3 is 2.57 bits per heavy atom. The number of aliphatic hydroxyl groups excluding tert-OH is 1. The maximum atomic E-state index is 13.0. The van der Waals surface area contributed by atoms with Gasteiger partial charge in [0.1, 0.15) is 16.4 Å². The van der Waals surface area contributed by atoms with Gasteiger partial charge in [-0.3, -0.25) is 4.79 Å². The molecular formula is C20H23NO6S. The van der Waals surface area contributed by atoms with Crippen LogP contribution in [0.5, 0.6) is 11.5 Å². The summed E-state index contributed by atoms with van der Waals surface area (Å²) in [6.45, 7) is 0.270. The SMILES string of the molecule is COc1ccccc1S(=O)(=O)C1CCN(C(=O)COc2ccc(CO)cc2)C1. The molecule has 3 rings (SSSR count). The van der Waals surface area contributed by atoms with E-state index in [1.807, 2.05) is 0 Å². The molecule has 1 aliphatic rings. The Labute approximate surface area is 164 Å². The number of amides is 1. The third kappa shape index (κ3) is 4.28. The quantitative estimate of drug-likeness (QED) is 0.753. The zero-order valence-corrected chi connectivity index (χ0v) is 16.4. The lowest BCUT2D eigenvalue weighted by Gasteiger charge is -2.18. The summed E-state index contributed by atoms with van der Waals surface area (Å²) >= 11 is 0. The molecule has 0 aromatic heterocycles. The summed E-state index contributed by atoms with van der Waals surface area (Å²) in [6, 6.07) is 13.3. The lowest BCUT2D eigenvalue weighted by molar-refractivity contribution is -0.132. The number of hydrogen-bond donors (Lipinski definition) is 1. The maximum Gasteiger partial charge on any atom is 0.260 e. The van der Waals surface area contributed by atoms with Crippen molar-refractivity contribution >= 4 is 15.7 Å². The highest BCUT2D eigenvalue weighted by Crippen LogP contribution is 2.30. The highest BCUT2D eigenvalue weighted by atomic mass is 32.2. The van der Waals surface area contributed by atoms with E-state index in [1.54, 1.807) is 42.5 Å². The highest BCUT2D eigenvalue weighted by Gasteiger charge is 2.37. The van der Waals surface area contributed by atoms with E-state index in [-0.39, 0.29) is 30.6 Å². The van der Waals surface area contributed by atoms with Crippen LogP contribution in [0.4, 0.5) is 0 Å². The molecule has 8 heteroatoms. The Kier molecular flexibility index (Phi) is 6.21. The fourth-order valence-electron chi connectivity index (χ4n) is 3.17. The standard InChI is InChI=1S/C20H23NO6S/c1-26-18-4-2-3-5-19(18)28(24,25)17-10-11-21(12-17)20(23)14-27-16-8-6-15(13-22)7-9-16/h2-9,17,22H,10-14H2,1H3. The number of rotatable bonds is 7. The number of hydrogen-bond acceptors (Lipinski definition) is 6. The number of likely N-dealkylation sites (tertiary alicyclic amines) is 1. The first-order chi connectivity index (χ1) is 13.5. The van der Waals surface area contributed by atoms with Gasteiger partial charge in [0.15, 0.2) is 16.4 Å². The number of methoxy groups -OCH3 is 1. The maximum absolute atomic E-state index is 13.0. The molecule has 1 aliphatic heterocycles. The summed E-state index contributed by atoms with van der Waals surface area (Å²) in [5.74, 6) is 0.564. The number of ether oxygens (including phenoxy) is 2. The topological polar surface area (TPSA) is 93.1 Å². The van der Waals surface area contributed by atoms with Gasteiger partial charge in [0.2, 0.25) is 0 Å². The molecule has 1 saturated heterocycles. The first kappa shape index (κ1) is 20.2. The van der Waals surface area contributed by atoms with E-state index >= 15 is 0 Å². The molecule has 0 saturated carbocycles. The second-order valence-electron chi connectivity index (χ2n) is 6.54. The minimum absolute atomic E-state index is 0.0605. The van der Waals surface area contributed by atoms with Crippen LogP contribution in [-0.4, -0.2) is 56.4 Å².